The van der Waals surface area contributed by atoms with E-state index in [9.17, 15) is 4.79 Å². The lowest BCUT2D eigenvalue weighted by Gasteiger charge is -1.69. The Morgan fingerprint density at radius 3 is 1.00 bits per heavy atom. The fraction of sp³-hybridized carbons (Fsp3) is 0.385. The Kier molecular flexibility index (Phi) is 29.3. The summed E-state index contributed by atoms with van der Waals surface area (Å²) in [6, 6.07) is 12.0. The number of aldehydes is 1. The van der Waals surface area contributed by atoms with E-state index in [-0.39, 0.29) is 6.29 Å². The molecule has 2 heteroatoms. The van der Waals surface area contributed by atoms with Gasteiger partial charge in [-0.2, -0.15) is 0 Å². The highest BCUT2D eigenvalue weighted by molar-refractivity contribution is 6.23. The molecule has 0 radical (unpaired) electrons. The Hall–Kier alpha value is -1.44. The van der Waals surface area contributed by atoms with Crippen molar-refractivity contribution in [2.75, 3.05) is 0 Å². The molecule has 0 aliphatic heterocycles. The van der Waals surface area contributed by atoms with Crippen LogP contribution in [0.1, 0.15) is 34.6 Å². The van der Waals surface area contributed by atoms with Crippen LogP contribution >= 0.6 is 0 Å². The van der Waals surface area contributed by atoms with Crippen LogP contribution < -0.4 is 0 Å². The van der Waals surface area contributed by atoms with Crippen LogP contribution in [-0.2, 0) is 9.59 Å². The van der Waals surface area contributed by atoms with Crippen molar-refractivity contribution in [3.8, 4) is 0 Å². The average molecular weight is 210 g/mol. The van der Waals surface area contributed by atoms with Gasteiger partial charge >= 0.3 is 0 Å². The Labute approximate surface area is 93.3 Å². The highest BCUT2D eigenvalue weighted by atomic mass is 16.2. The van der Waals surface area contributed by atoms with E-state index >= 15 is 0 Å². The molecule has 1 aromatic carbocycles. The van der Waals surface area contributed by atoms with Crippen LogP contribution in [0.15, 0.2) is 36.4 Å². The van der Waals surface area contributed by atoms with Crippen LogP contribution in [0.3, 0.4) is 0 Å². The highest BCUT2D eigenvalue weighted by Gasteiger charge is 1.76. The highest BCUT2D eigenvalue weighted by Crippen LogP contribution is 1.79. The van der Waals surface area contributed by atoms with Gasteiger partial charge in [0.15, 0.2) is 12.1 Å². The first kappa shape index (κ1) is 19.2. The number of rotatable bonds is 1. The average Bonchev–Trinajstić information content (AvgIpc) is 2.37. The fourth-order valence-corrected chi connectivity index (χ4v) is 0.385. The molecule has 1 rings (SSSR count). The van der Waals surface area contributed by atoms with Gasteiger partial charge in [0, 0.05) is 6.92 Å². The summed E-state index contributed by atoms with van der Waals surface area (Å²) < 4.78 is 0. The summed E-state index contributed by atoms with van der Waals surface area (Å²) in [6.45, 7) is 9.22. The van der Waals surface area contributed by atoms with Crippen LogP contribution in [0.5, 0.6) is 0 Å². The van der Waals surface area contributed by atoms with Crippen molar-refractivity contribution in [1.29, 1.82) is 0 Å². The van der Waals surface area contributed by atoms with Gasteiger partial charge < -0.3 is 0 Å². The number of ketones is 1. The van der Waals surface area contributed by atoms with E-state index in [0.717, 1.165) is 0 Å². The number of Topliss-reactive ketones (excluding diaryl/α,β-unsaturated/α-hetero) is 1. The molecule has 0 aliphatic carbocycles. The van der Waals surface area contributed by atoms with Gasteiger partial charge in [0.2, 0.25) is 0 Å². The maximum Gasteiger partial charge on any atom is 0.192 e. The van der Waals surface area contributed by atoms with Gasteiger partial charge in [0.05, 0.1) is 0 Å². The van der Waals surface area contributed by atoms with Gasteiger partial charge in [-0.05, 0) is 0 Å². The Morgan fingerprint density at radius 2 is 0.933 bits per heavy atom. The molecule has 0 bridgehead atoms. The summed E-state index contributed by atoms with van der Waals surface area (Å²) >= 11 is 0. The maximum absolute atomic E-state index is 9.44. The SMILES string of the molecule is CC.CC.CC(=O)C=O.c1ccccc1. The smallest absolute Gasteiger partial charge is 0.192 e. The molecular formula is C13H22O2. The third kappa shape index (κ3) is 32.5. The van der Waals surface area contributed by atoms with E-state index in [1.54, 1.807) is 0 Å². The Morgan fingerprint density at radius 1 is 0.800 bits per heavy atom. The second kappa shape index (κ2) is 22.9. The van der Waals surface area contributed by atoms with Gasteiger partial charge in [-0.25, -0.2) is 0 Å². The largest absolute Gasteiger partial charge is 0.295 e. The number of benzene rings is 1. The molecule has 0 amide bonds. The number of carbonyl (C=O) groups excluding carboxylic acids is 2. The van der Waals surface area contributed by atoms with Gasteiger partial charge in [-0.15, -0.1) is 0 Å². The van der Waals surface area contributed by atoms with Crippen molar-refractivity contribution in [2.24, 2.45) is 0 Å². The topological polar surface area (TPSA) is 34.1 Å². The molecule has 0 N–H and O–H groups in total. The number of hydrogen-bond acceptors (Lipinski definition) is 2. The molecule has 0 fully saturated rings. The van der Waals surface area contributed by atoms with Crippen LogP contribution in [0, 0.1) is 0 Å². The summed E-state index contributed by atoms with van der Waals surface area (Å²) in [5.41, 5.74) is 0. The minimum atomic E-state index is -0.426. The van der Waals surface area contributed by atoms with Gasteiger partial charge in [0.1, 0.15) is 0 Å². The third-order valence-corrected chi connectivity index (χ3v) is 0.833. The quantitative estimate of drug-likeness (QED) is 0.525. The Balaban J connectivity index is -0.000000146. The maximum atomic E-state index is 9.44. The number of carbonyl (C=O) groups is 2. The lowest BCUT2D eigenvalue weighted by molar-refractivity contribution is -0.128. The predicted octanol–water partition coefficient (Wildman–Crippen LogP) is 3.51. The molecule has 0 heterocycles. The van der Waals surface area contributed by atoms with Crippen molar-refractivity contribution < 1.29 is 9.59 Å². The van der Waals surface area contributed by atoms with Crippen molar-refractivity contribution in [3.05, 3.63) is 36.4 Å². The van der Waals surface area contributed by atoms with Crippen LogP contribution in [0.2, 0.25) is 0 Å². The minimum Gasteiger partial charge on any atom is -0.295 e. The van der Waals surface area contributed by atoms with Crippen molar-refractivity contribution in [1.82, 2.24) is 0 Å². The second-order valence-electron chi connectivity index (χ2n) is 1.88. The van der Waals surface area contributed by atoms with Crippen LogP contribution in [0.25, 0.3) is 0 Å². The second-order valence-corrected chi connectivity index (χ2v) is 1.88. The van der Waals surface area contributed by atoms with E-state index in [4.69, 9.17) is 4.79 Å². The molecule has 15 heavy (non-hydrogen) atoms. The molecule has 0 spiro atoms. The van der Waals surface area contributed by atoms with E-state index in [1.807, 2.05) is 64.1 Å². The summed E-state index contributed by atoms with van der Waals surface area (Å²) in [5.74, 6) is -0.426. The van der Waals surface area contributed by atoms with E-state index in [1.165, 1.54) is 6.92 Å². The van der Waals surface area contributed by atoms with E-state index < -0.39 is 5.78 Å². The zero-order chi connectivity index (χ0) is 12.5. The molecule has 0 saturated carbocycles. The summed E-state index contributed by atoms with van der Waals surface area (Å²) in [5, 5.41) is 0. The van der Waals surface area contributed by atoms with Crippen molar-refractivity contribution in [2.45, 2.75) is 34.6 Å². The predicted molar refractivity (Wildman–Crippen MR) is 65.9 cm³/mol. The molecular weight excluding hydrogens is 188 g/mol. The lowest BCUT2D eigenvalue weighted by atomic mass is 10.4. The normalized spacial score (nSPS) is 6.20. The first-order valence-corrected chi connectivity index (χ1v) is 5.23. The van der Waals surface area contributed by atoms with E-state index in [0.29, 0.717) is 0 Å². The minimum absolute atomic E-state index is 0.278. The van der Waals surface area contributed by atoms with Gasteiger partial charge in [-0.3, -0.25) is 9.59 Å². The van der Waals surface area contributed by atoms with Crippen molar-refractivity contribution >= 4 is 12.1 Å². The first-order valence-electron chi connectivity index (χ1n) is 5.23. The number of hydrogen-bond donors (Lipinski definition) is 0. The summed E-state index contributed by atoms with van der Waals surface area (Å²) in [7, 11) is 0. The van der Waals surface area contributed by atoms with Gasteiger partial charge in [0.25, 0.3) is 0 Å². The summed E-state index contributed by atoms with van der Waals surface area (Å²) in [4.78, 5) is 18.6. The molecule has 1 aromatic rings. The van der Waals surface area contributed by atoms with Crippen molar-refractivity contribution in [3.63, 3.8) is 0 Å². The van der Waals surface area contributed by atoms with Gasteiger partial charge in [-0.1, -0.05) is 64.1 Å². The zero-order valence-corrected chi connectivity index (χ0v) is 10.4. The standard InChI is InChI=1S/C6H6.C3H4O2.2C2H6/c1-2-4-6-5-3-1;1-3(5)2-4;2*1-2/h1-6H;2H,1H3;2*1-2H3. The van der Waals surface area contributed by atoms with E-state index in [2.05, 4.69) is 0 Å². The Bertz CT molecular complexity index is 178. The first-order chi connectivity index (χ1) is 7.27. The van der Waals surface area contributed by atoms with Crippen LogP contribution in [0.4, 0.5) is 0 Å². The lowest BCUT2D eigenvalue weighted by Crippen LogP contribution is -1.85. The molecule has 0 atom stereocenters. The zero-order valence-electron chi connectivity index (χ0n) is 10.4. The molecule has 2 nitrogen and oxygen atoms in total. The molecule has 0 aromatic heterocycles. The molecule has 86 valence electrons. The monoisotopic (exact) mass is 210 g/mol. The summed E-state index contributed by atoms with van der Waals surface area (Å²) in [6.07, 6.45) is 0.278. The fourth-order valence-electron chi connectivity index (χ4n) is 0.385. The molecule has 0 unspecified atom stereocenters. The molecule has 0 aliphatic rings. The third-order valence-electron chi connectivity index (χ3n) is 0.833. The van der Waals surface area contributed by atoms with Crippen LogP contribution in [-0.4, -0.2) is 12.1 Å². The molecule has 0 saturated heterocycles.